The van der Waals surface area contributed by atoms with Gasteiger partial charge in [0.05, 0.1) is 18.1 Å². The molecule has 2 N–H and O–H groups in total. The van der Waals surface area contributed by atoms with Crippen molar-refractivity contribution < 1.29 is 48.3 Å². The van der Waals surface area contributed by atoms with Crippen molar-refractivity contribution in [3.63, 3.8) is 0 Å². The summed E-state index contributed by atoms with van der Waals surface area (Å²) in [6.45, 7) is 7.90. The van der Waals surface area contributed by atoms with E-state index < -0.39 is 59.1 Å². The van der Waals surface area contributed by atoms with Gasteiger partial charge in [0, 0.05) is 12.5 Å². The zero-order chi connectivity index (χ0) is 32.3. The van der Waals surface area contributed by atoms with Crippen LogP contribution in [0.2, 0.25) is 0 Å². The number of hydrogen-bond donors (Lipinski definition) is 2. The van der Waals surface area contributed by atoms with Crippen molar-refractivity contribution in [2.45, 2.75) is 90.7 Å². The van der Waals surface area contributed by atoms with Gasteiger partial charge in [0.2, 0.25) is 0 Å². The first-order valence-electron chi connectivity index (χ1n) is 16.2. The van der Waals surface area contributed by atoms with Crippen LogP contribution in [-0.2, 0) is 39.9 Å². The van der Waals surface area contributed by atoms with Crippen LogP contribution in [0.25, 0.3) is 0 Å². The van der Waals surface area contributed by atoms with Gasteiger partial charge in [-0.1, -0.05) is 69.2 Å². The van der Waals surface area contributed by atoms with Crippen LogP contribution in [0.3, 0.4) is 0 Å². The monoisotopic (exact) mass is 626 g/mol. The Labute approximate surface area is 264 Å². The third kappa shape index (κ3) is 4.53. The van der Waals surface area contributed by atoms with E-state index in [0.29, 0.717) is 18.8 Å². The van der Waals surface area contributed by atoms with E-state index in [4.69, 9.17) is 23.7 Å². The van der Waals surface area contributed by atoms with Gasteiger partial charge in [0.1, 0.15) is 30.5 Å². The number of carbonyl (C=O) groups is 3. The van der Waals surface area contributed by atoms with Crippen LogP contribution in [0.15, 0.2) is 42.0 Å². The fraction of sp³-hybridized carbons (Fsp3) is 0.686. The molecule has 0 aromatic heterocycles. The summed E-state index contributed by atoms with van der Waals surface area (Å²) in [4.78, 5) is 39.7. The molecular formula is C35H46O10. The SMILES string of the molecule is CO[C@H]1[C@@H](OC(=O)OCc2ccccc2)[C@H](O)[C@H](OCC23CC4C(C)CCC4C4(C=O)CC2C=C(C(C)C)C43C(=O)O)O[C@@H]1C. The number of ether oxygens (including phenoxy) is 5. The number of aliphatic hydroxyl groups excluding tert-OH is 1. The number of benzene rings is 1. The smallest absolute Gasteiger partial charge is 0.481 e. The van der Waals surface area contributed by atoms with Crippen molar-refractivity contribution in [3.05, 3.63) is 47.5 Å². The highest BCUT2D eigenvalue weighted by molar-refractivity contribution is 5.90. The first-order chi connectivity index (χ1) is 21.5. The molecule has 4 aliphatic carbocycles. The van der Waals surface area contributed by atoms with E-state index in [-0.39, 0.29) is 36.9 Å². The van der Waals surface area contributed by atoms with E-state index in [0.717, 1.165) is 30.3 Å². The van der Waals surface area contributed by atoms with Gasteiger partial charge in [0.15, 0.2) is 12.4 Å². The van der Waals surface area contributed by atoms with Crippen molar-refractivity contribution in [3.8, 4) is 0 Å². The first kappa shape index (κ1) is 32.2. The molecule has 3 saturated carbocycles. The molecule has 0 amide bonds. The number of allylic oxidation sites excluding steroid dienone is 1. The molecule has 0 radical (unpaired) electrons. The van der Waals surface area contributed by atoms with E-state index in [1.165, 1.54) is 7.11 Å². The highest BCUT2D eigenvalue weighted by atomic mass is 16.8. The minimum Gasteiger partial charge on any atom is -0.481 e. The molecule has 1 saturated heterocycles. The average Bonchev–Trinajstić information content (AvgIpc) is 3.59. The number of carboxylic acid groups (broad SMARTS) is 1. The van der Waals surface area contributed by atoms with Gasteiger partial charge in [-0.15, -0.1) is 0 Å². The van der Waals surface area contributed by atoms with Crippen molar-refractivity contribution in [2.75, 3.05) is 13.7 Å². The van der Waals surface area contributed by atoms with Gasteiger partial charge in [-0.25, -0.2) is 4.79 Å². The Morgan fingerprint density at radius 2 is 1.84 bits per heavy atom. The van der Waals surface area contributed by atoms with Crippen molar-refractivity contribution >= 4 is 18.4 Å². The quantitative estimate of drug-likeness (QED) is 0.212. The molecule has 7 unspecified atom stereocenters. The Bertz CT molecular complexity index is 1330. The van der Waals surface area contributed by atoms with Crippen molar-refractivity contribution in [1.29, 1.82) is 0 Å². The third-order valence-electron chi connectivity index (χ3n) is 12.1. The van der Waals surface area contributed by atoms with E-state index in [1.807, 2.05) is 44.2 Å². The predicted octanol–water partition coefficient (Wildman–Crippen LogP) is 4.77. The number of carboxylic acids is 1. The van der Waals surface area contributed by atoms with E-state index in [2.05, 4.69) is 13.0 Å². The Morgan fingerprint density at radius 3 is 2.49 bits per heavy atom. The minimum atomic E-state index is -1.44. The molecule has 1 aromatic carbocycles. The molecule has 1 aliphatic heterocycles. The highest BCUT2D eigenvalue weighted by Crippen LogP contribution is 2.82. The number of hydrogen-bond acceptors (Lipinski definition) is 9. The van der Waals surface area contributed by atoms with Crippen LogP contribution in [0.4, 0.5) is 4.79 Å². The Hall–Kier alpha value is -2.79. The second-order valence-corrected chi connectivity index (χ2v) is 14.3. The van der Waals surface area contributed by atoms with Gasteiger partial charge in [-0.3, -0.25) is 4.79 Å². The first-order valence-corrected chi connectivity index (χ1v) is 16.2. The maximum Gasteiger partial charge on any atom is 0.509 e. The molecule has 0 spiro atoms. The predicted molar refractivity (Wildman–Crippen MR) is 161 cm³/mol. The lowest BCUT2D eigenvalue weighted by molar-refractivity contribution is -0.307. The minimum absolute atomic E-state index is 0.000332. The van der Waals surface area contributed by atoms with Gasteiger partial charge in [-0.05, 0) is 61.3 Å². The van der Waals surface area contributed by atoms with Gasteiger partial charge < -0.3 is 38.7 Å². The lowest BCUT2D eigenvalue weighted by Gasteiger charge is -2.58. The Balaban J connectivity index is 1.27. The second-order valence-electron chi connectivity index (χ2n) is 14.3. The number of carbonyl (C=O) groups excluding carboxylic acids is 2. The Kier molecular flexibility index (Phi) is 8.42. The summed E-state index contributed by atoms with van der Waals surface area (Å²) >= 11 is 0. The zero-order valence-electron chi connectivity index (χ0n) is 26.7. The number of methoxy groups -OCH3 is 1. The molecule has 5 aliphatic rings. The van der Waals surface area contributed by atoms with Gasteiger partial charge in [-0.2, -0.15) is 0 Å². The van der Waals surface area contributed by atoms with Crippen LogP contribution >= 0.6 is 0 Å². The zero-order valence-corrected chi connectivity index (χ0v) is 26.7. The summed E-state index contributed by atoms with van der Waals surface area (Å²) in [6, 6.07) is 9.16. The number of aldehydes is 1. The normalized spacial score (nSPS) is 43.1. The van der Waals surface area contributed by atoms with Crippen LogP contribution in [-0.4, -0.2) is 73.0 Å². The molecule has 6 rings (SSSR count). The molecule has 1 aromatic rings. The lowest BCUT2D eigenvalue weighted by Crippen LogP contribution is -2.64. The molecule has 246 valence electrons. The lowest BCUT2D eigenvalue weighted by atomic mass is 9.43. The van der Waals surface area contributed by atoms with Crippen LogP contribution < -0.4 is 0 Å². The molecule has 10 heteroatoms. The molecule has 1 heterocycles. The summed E-state index contributed by atoms with van der Waals surface area (Å²) in [5.74, 6) is -0.658. The average molecular weight is 627 g/mol. The van der Waals surface area contributed by atoms with E-state index in [1.54, 1.807) is 6.92 Å². The van der Waals surface area contributed by atoms with Crippen LogP contribution in [0, 0.1) is 45.8 Å². The van der Waals surface area contributed by atoms with Gasteiger partial charge in [0.25, 0.3) is 0 Å². The second kappa shape index (κ2) is 11.8. The molecule has 45 heavy (non-hydrogen) atoms. The standard InChI is InChI=1S/C35H46O10/c1-19(2)26-13-23-14-33(17-36)25-12-11-20(3)24(25)15-34(23,35(26,33)31(38)39)18-43-30-27(37)29(28(41-5)21(4)44-30)45-32(40)42-16-22-9-7-6-8-10-22/h6-10,13,17,19-21,23-25,27-30,37H,11-12,14-16,18H2,1-5H3,(H,38,39)/t20?,21-,23?,24?,25?,27+,28-,29+,30-,33?,34?,35?/m1/s1. The largest absolute Gasteiger partial charge is 0.509 e. The summed E-state index contributed by atoms with van der Waals surface area (Å²) in [6.07, 6.45) is -0.271. The molecule has 4 bridgehead atoms. The fourth-order valence-corrected chi connectivity index (χ4v) is 10.3. The fourth-order valence-electron chi connectivity index (χ4n) is 10.3. The molecular weight excluding hydrogens is 580 g/mol. The molecule has 12 atom stereocenters. The Morgan fingerprint density at radius 1 is 1.11 bits per heavy atom. The summed E-state index contributed by atoms with van der Waals surface area (Å²) in [5, 5.41) is 22.7. The summed E-state index contributed by atoms with van der Waals surface area (Å²) < 4.78 is 29.0. The van der Waals surface area contributed by atoms with Crippen molar-refractivity contribution in [2.24, 2.45) is 45.8 Å². The summed E-state index contributed by atoms with van der Waals surface area (Å²) in [5.41, 5.74) is -1.74. The van der Waals surface area contributed by atoms with Crippen LogP contribution in [0.5, 0.6) is 0 Å². The van der Waals surface area contributed by atoms with E-state index >= 15 is 0 Å². The maximum atomic E-state index is 13.7. The van der Waals surface area contributed by atoms with Gasteiger partial charge >= 0.3 is 12.1 Å². The number of aliphatic hydroxyl groups is 1. The summed E-state index contributed by atoms with van der Waals surface area (Å²) in [7, 11) is 1.44. The molecule has 10 nitrogen and oxygen atoms in total. The number of aliphatic carboxylic acids is 1. The van der Waals surface area contributed by atoms with Crippen LogP contribution in [0.1, 0.15) is 58.9 Å². The topological polar surface area (TPSA) is 138 Å². The highest BCUT2D eigenvalue weighted by Gasteiger charge is 2.84. The molecule has 4 fully saturated rings. The van der Waals surface area contributed by atoms with Crippen molar-refractivity contribution in [1.82, 2.24) is 0 Å². The number of fused-ring (bicyclic) bond motifs is 2. The third-order valence-corrected chi connectivity index (χ3v) is 12.1. The maximum absolute atomic E-state index is 13.7. The number of rotatable bonds is 10. The van der Waals surface area contributed by atoms with E-state index in [9.17, 15) is 24.6 Å².